The van der Waals surface area contributed by atoms with E-state index in [0.29, 0.717) is 23.2 Å². The summed E-state index contributed by atoms with van der Waals surface area (Å²) in [5, 5.41) is 16.4. The average molecular weight is 221 g/mol. The van der Waals surface area contributed by atoms with Gasteiger partial charge in [0.2, 0.25) is 0 Å². The van der Waals surface area contributed by atoms with E-state index in [1.165, 1.54) is 4.68 Å². The number of rotatable bonds is 2. The third kappa shape index (κ3) is 1.95. The van der Waals surface area contributed by atoms with Gasteiger partial charge < -0.3 is 15.8 Å². The molecule has 86 valence electrons. The molecule has 6 nitrogen and oxygen atoms in total. The third-order valence-corrected chi connectivity index (χ3v) is 2.77. The van der Waals surface area contributed by atoms with Crippen molar-refractivity contribution in [3.05, 3.63) is 5.56 Å². The Morgan fingerprint density at radius 2 is 2.25 bits per heavy atom. The van der Waals surface area contributed by atoms with Gasteiger partial charge in [0.05, 0.1) is 0 Å². The predicted molar refractivity (Wildman–Crippen MR) is 59.8 cm³/mol. The zero-order chi connectivity index (χ0) is 11.5. The van der Waals surface area contributed by atoms with Crippen LogP contribution in [0, 0.1) is 11.3 Å². The van der Waals surface area contributed by atoms with Crippen molar-refractivity contribution in [2.24, 2.45) is 7.05 Å². The number of aryl methyl sites for hydroxylation is 1. The van der Waals surface area contributed by atoms with E-state index in [2.05, 4.69) is 16.5 Å². The highest BCUT2D eigenvalue weighted by Gasteiger charge is 2.19. The summed E-state index contributed by atoms with van der Waals surface area (Å²) in [7, 11) is 1.73. The quantitative estimate of drug-likeness (QED) is 0.757. The number of aromatic nitrogens is 2. The number of nitrogens with one attached hydrogen (secondary N) is 1. The maximum absolute atomic E-state index is 8.99. The van der Waals surface area contributed by atoms with Crippen LogP contribution in [0.3, 0.4) is 0 Å². The number of hydrogen-bond donors (Lipinski definition) is 2. The smallest absolute Gasteiger partial charge is 0.168 e. The highest BCUT2D eigenvalue weighted by atomic mass is 16.5. The van der Waals surface area contributed by atoms with Gasteiger partial charge >= 0.3 is 0 Å². The van der Waals surface area contributed by atoms with Crippen LogP contribution in [-0.2, 0) is 11.8 Å². The Bertz CT molecular complexity index is 414. The normalized spacial score (nSPS) is 17.0. The van der Waals surface area contributed by atoms with Crippen LogP contribution in [0.2, 0.25) is 0 Å². The molecule has 0 amide bonds. The summed E-state index contributed by atoms with van der Waals surface area (Å²) in [6.07, 6.45) is 1.86. The highest BCUT2D eigenvalue weighted by molar-refractivity contribution is 5.63. The van der Waals surface area contributed by atoms with Crippen LogP contribution >= 0.6 is 0 Å². The first-order valence-electron chi connectivity index (χ1n) is 5.29. The van der Waals surface area contributed by atoms with Crippen LogP contribution in [0.25, 0.3) is 0 Å². The second-order valence-corrected chi connectivity index (χ2v) is 3.88. The molecule has 0 saturated carbocycles. The van der Waals surface area contributed by atoms with E-state index in [-0.39, 0.29) is 0 Å². The highest BCUT2D eigenvalue weighted by Crippen LogP contribution is 2.22. The van der Waals surface area contributed by atoms with Gasteiger partial charge in [0.25, 0.3) is 0 Å². The summed E-state index contributed by atoms with van der Waals surface area (Å²) in [6.45, 7) is 1.50. The Labute approximate surface area is 94.0 Å². The molecule has 0 radical (unpaired) electrons. The van der Waals surface area contributed by atoms with Crippen LogP contribution in [-0.4, -0.2) is 29.0 Å². The Morgan fingerprint density at radius 1 is 1.56 bits per heavy atom. The fourth-order valence-electron chi connectivity index (χ4n) is 1.78. The van der Waals surface area contributed by atoms with E-state index in [1.807, 2.05) is 0 Å². The van der Waals surface area contributed by atoms with Crippen molar-refractivity contribution in [3.63, 3.8) is 0 Å². The van der Waals surface area contributed by atoms with Crippen molar-refractivity contribution in [1.29, 1.82) is 5.26 Å². The number of anilines is 2. The molecule has 1 aromatic heterocycles. The van der Waals surface area contributed by atoms with Gasteiger partial charge in [-0.25, -0.2) is 4.68 Å². The van der Waals surface area contributed by atoms with Gasteiger partial charge in [-0.1, -0.05) is 0 Å². The number of hydrogen-bond acceptors (Lipinski definition) is 5. The summed E-state index contributed by atoms with van der Waals surface area (Å²) >= 11 is 0. The molecule has 16 heavy (non-hydrogen) atoms. The average Bonchev–Trinajstić information content (AvgIpc) is 2.56. The number of nitrogens with zero attached hydrogens (tertiary/aromatic N) is 3. The van der Waals surface area contributed by atoms with Crippen LogP contribution in [0.4, 0.5) is 11.6 Å². The van der Waals surface area contributed by atoms with Crippen LogP contribution in [0.1, 0.15) is 18.4 Å². The molecular formula is C10H15N5O. The molecule has 2 rings (SSSR count). The van der Waals surface area contributed by atoms with Gasteiger partial charge in [-0.2, -0.15) is 10.4 Å². The second kappa shape index (κ2) is 4.41. The Morgan fingerprint density at radius 3 is 2.88 bits per heavy atom. The monoisotopic (exact) mass is 221 g/mol. The Balaban J connectivity index is 2.14. The molecule has 0 aromatic carbocycles. The second-order valence-electron chi connectivity index (χ2n) is 3.88. The molecule has 0 spiro atoms. The molecule has 0 aliphatic carbocycles. The number of ether oxygens (including phenoxy) is 1. The molecule has 3 N–H and O–H groups in total. The lowest BCUT2D eigenvalue weighted by atomic mass is 10.1. The zero-order valence-electron chi connectivity index (χ0n) is 9.23. The van der Waals surface area contributed by atoms with Crippen molar-refractivity contribution in [2.75, 3.05) is 24.3 Å². The summed E-state index contributed by atoms with van der Waals surface area (Å²) in [4.78, 5) is 0. The summed E-state index contributed by atoms with van der Waals surface area (Å²) in [5.74, 6) is 0.978. The lowest BCUT2D eigenvalue weighted by Crippen LogP contribution is -2.28. The molecule has 2 heterocycles. The minimum absolute atomic E-state index is 0.315. The van der Waals surface area contributed by atoms with Gasteiger partial charge in [0.15, 0.2) is 5.82 Å². The minimum atomic E-state index is 0.315. The fraction of sp³-hybridized carbons (Fsp3) is 0.600. The molecule has 0 atom stereocenters. The number of nitrogen functional groups attached to an aromatic ring is 1. The molecule has 1 fully saturated rings. The van der Waals surface area contributed by atoms with Crippen LogP contribution < -0.4 is 11.1 Å². The van der Waals surface area contributed by atoms with Crippen molar-refractivity contribution in [1.82, 2.24) is 9.78 Å². The topological polar surface area (TPSA) is 88.9 Å². The van der Waals surface area contributed by atoms with Gasteiger partial charge in [-0.3, -0.25) is 0 Å². The van der Waals surface area contributed by atoms with Crippen LogP contribution in [0.15, 0.2) is 0 Å². The first-order valence-corrected chi connectivity index (χ1v) is 5.29. The minimum Gasteiger partial charge on any atom is -0.383 e. The molecular weight excluding hydrogens is 206 g/mol. The SMILES string of the molecule is Cn1nc(NC2CCOCC2)c(C#N)c1N. The van der Waals surface area contributed by atoms with E-state index in [0.717, 1.165) is 26.1 Å². The van der Waals surface area contributed by atoms with Gasteiger partial charge in [-0.05, 0) is 12.8 Å². The maximum atomic E-state index is 8.99. The van der Waals surface area contributed by atoms with Crippen LogP contribution in [0.5, 0.6) is 0 Å². The molecule has 0 unspecified atom stereocenters. The van der Waals surface area contributed by atoms with E-state index in [9.17, 15) is 0 Å². The first-order chi connectivity index (χ1) is 7.72. The molecule has 0 bridgehead atoms. The number of nitriles is 1. The van der Waals surface area contributed by atoms with Gasteiger partial charge in [0.1, 0.15) is 17.5 Å². The molecule has 6 heteroatoms. The van der Waals surface area contributed by atoms with E-state index in [1.54, 1.807) is 7.05 Å². The zero-order valence-corrected chi connectivity index (χ0v) is 9.23. The number of nitrogens with two attached hydrogens (primary N) is 1. The maximum Gasteiger partial charge on any atom is 0.168 e. The fourth-order valence-corrected chi connectivity index (χ4v) is 1.78. The van der Waals surface area contributed by atoms with E-state index < -0.39 is 0 Å². The van der Waals surface area contributed by atoms with Crippen molar-refractivity contribution < 1.29 is 4.74 Å². The summed E-state index contributed by atoms with van der Waals surface area (Å²) < 4.78 is 6.78. The third-order valence-electron chi connectivity index (χ3n) is 2.77. The summed E-state index contributed by atoms with van der Waals surface area (Å²) in [5.41, 5.74) is 6.16. The summed E-state index contributed by atoms with van der Waals surface area (Å²) in [6, 6.07) is 2.39. The lowest BCUT2D eigenvalue weighted by Gasteiger charge is -2.22. The van der Waals surface area contributed by atoms with E-state index in [4.69, 9.17) is 15.7 Å². The van der Waals surface area contributed by atoms with Gasteiger partial charge in [-0.15, -0.1) is 0 Å². The predicted octanol–water partition coefficient (Wildman–Crippen LogP) is 0.465. The Hall–Kier alpha value is -1.74. The lowest BCUT2D eigenvalue weighted by molar-refractivity contribution is 0.0903. The molecule has 1 aliphatic heterocycles. The first kappa shape index (κ1) is 10.8. The van der Waals surface area contributed by atoms with Crippen molar-refractivity contribution in [3.8, 4) is 6.07 Å². The standard InChI is InChI=1S/C10H15N5O/c1-15-9(12)8(6-11)10(14-15)13-7-2-4-16-5-3-7/h7H,2-5,12H2,1H3,(H,13,14). The molecule has 1 saturated heterocycles. The van der Waals surface area contributed by atoms with Crippen molar-refractivity contribution >= 4 is 11.6 Å². The largest absolute Gasteiger partial charge is 0.383 e. The molecule has 1 aliphatic rings. The molecule has 1 aromatic rings. The van der Waals surface area contributed by atoms with Crippen molar-refractivity contribution in [2.45, 2.75) is 18.9 Å². The van der Waals surface area contributed by atoms with Gasteiger partial charge in [0, 0.05) is 26.3 Å². The Kier molecular flexibility index (Phi) is 2.97. The van der Waals surface area contributed by atoms with E-state index >= 15 is 0 Å².